The maximum atomic E-state index is 12.9. The second-order valence-electron chi connectivity index (χ2n) is 5.75. The number of carbonyl (C=O) groups excluding carboxylic acids is 2. The van der Waals surface area contributed by atoms with Crippen LogP contribution in [0.5, 0.6) is 0 Å². The lowest BCUT2D eigenvalue weighted by Crippen LogP contribution is -2.44. The third kappa shape index (κ3) is 3.86. The first-order valence-electron chi connectivity index (χ1n) is 7.85. The van der Waals surface area contributed by atoms with Gasteiger partial charge in [-0.15, -0.1) is 0 Å². The van der Waals surface area contributed by atoms with Crippen molar-refractivity contribution in [1.29, 1.82) is 0 Å². The number of nitrogens with zero attached hydrogens (tertiary/aromatic N) is 1. The number of para-hydroxylation sites is 2. The van der Waals surface area contributed by atoms with Crippen LogP contribution >= 0.6 is 0 Å². The van der Waals surface area contributed by atoms with Gasteiger partial charge in [0.2, 0.25) is 0 Å². The first-order chi connectivity index (χ1) is 12.8. The van der Waals surface area contributed by atoms with Crippen LogP contribution in [0.2, 0.25) is 0 Å². The zero-order valence-corrected chi connectivity index (χ0v) is 14.1. The summed E-state index contributed by atoms with van der Waals surface area (Å²) in [5, 5.41) is 2.76. The van der Waals surface area contributed by atoms with Gasteiger partial charge in [-0.25, -0.2) is 10.2 Å². The van der Waals surface area contributed by atoms with E-state index in [9.17, 15) is 22.8 Å². The number of urea groups is 1. The Morgan fingerprint density at radius 3 is 2.37 bits per heavy atom. The number of rotatable bonds is 2. The van der Waals surface area contributed by atoms with Gasteiger partial charge in [0.05, 0.1) is 16.8 Å². The number of amides is 3. The fraction of sp³-hybridized carbons (Fsp3) is 0.111. The summed E-state index contributed by atoms with van der Waals surface area (Å²) in [6.07, 6.45) is -3.02. The molecule has 0 aliphatic carbocycles. The average Bonchev–Trinajstić information content (AvgIpc) is 2.97. The Morgan fingerprint density at radius 2 is 1.63 bits per heavy atom. The Kier molecular flexibility index (Phi) is 4.76. The molecule has 0 saturated carbocycles. The number of carbonyl (C=O) groups is 2. The van der Waals surface area contributed by atoms with E-state index in [1.54, 1.807) is 29.9 Å². The molecule has 3 rings (SSSR count). The number of anilines is 1. The standard InChI is InChI=1S/C18H15F3N4O2/c1-25-10-12(11-6-2-5-9-15(11)25)16(26)23-24-17(27)22-14-8-4-3-7-13(14)18(19,20)21/h2-10H,1H3,(H,23,26)(H2,22,24,27). The van der Waals surface area contributed by atoms with Gasteiger partial charge in [0, 0.05) is 24.1 Å². The molecule has 0 unspecified atom stereocenters. The monoisotopic (exact) mass is 376 g/mol. The summed E-state index contributed by atoms with van der Waals surface area (Å²) in [6.45, 7) is 0. The van der Waals surface area contributed by atoms with E-state index in [0.29, 0.717) is 10.9 Å². The molecule has 0 spiro atoms. The molecule has 0 atom stereocenters. The molecule has 0 saturated heterocycles. The Balaban J connectivity index is 1.69. The number of aryl methyl sites for hydroxylation is 1. The van der Waals surface area contributed by atoms with Crippen LogP contribution in [-0.2, 0) is 13.2 Å². The van der Waals surface area contributed by atoms with Crippen LogP contribution in [-0.4, -0.2) is 16.5 Å². The van der Waals surface area contributed by atoms with Crippen LogP contribution in [0, 0.1) is 0 Å². The Bertz CT molecular complexity index is 1010. The molecule has 3 N–H and O–H groups in total. The van der Waals surface area contributed by atoms with Crippen molar-refractivity contribution in [1.82, 2.24) is 15.4 Å². The number of fused-ring (bicyclic) bond motifs is 1. The van der Waals surface area contributed by atoms with Crippen LogP contribution in [0.15, 0.2) is 54.7 Å². The first kappa shape index (κ1) is 18.3. The van der Waals surface area contributed by atoms with Crippen molar-refractivity contribution in [3.8, 4) is 0 Å². The van der Waals surface area contributed by atoms with Gasteiger partial charge in [0.25, 0.3) is 5.91 Å². The van der Waals surface area contributed by atoms with E-state index < -0.39 is 29.4 Å². The SMILES string of the molecule is Cn1cc(C(=O)NNC(=O)Nc2ccccc2C(F)(F)F)c2ccccc21. The summed E-state index contributed by atoms with van der Waals surface area (Å²) in [4.78, 5) is 24.2. The number of alkyl halides is 3. The number of hydrogen-bond donors (Lipinski definition) is 3. The van der Waals surface area contributed by atoms with Crippen molar-refractivity contribution in [2.75, 3.05) is 5.32 Å². The van der Waals surface area contributed by atoms with Crippen LogP contribution in [0.1, 0.15) is 15.9 Å². The van der Waals surface area contributed by atoms with Gasteiger partial charge in [0.15, 0.2) is 0 Å². The number of aromatic nitrogens is 1. The molecule has 140 valence electrons. The summed E-state index contributed by atoms with van der Waals surface area (Å²) in [6, 6.07) is 10.7. The van der Waals surface area contributed by atoms with Crippen molar-refractivity contribution in [2.24, 2.45) is 7.05 Å². The van der Waals surface area contributed by atoms with E-state index in [1.165, 1.54) is 12.1 Å². The van der Waals surface area contributed by atoms with E-state index in [0.717, 1.165) is 17.6 Å². The smallest absolute Gasteiger partial charge is 0.350 e. The maximum Gasteiger partial charge on any atom is 0.418 e. The summed E-state index contributed by atoms with van der Waals surface area (Å²) in [7, 11) is 1.77. The van der Waals surface area contributed by atoms with Crippen molar-refractivity contribution >= 4 is 28.5 Å². The Hall–Kier alpha value is -3.49. The van der Waals surface area contributed by atoms with Gasteiger partial charge in [-0.2, -0.15) is 13.2 Å². The number of halogens is 3. The molecule has 0 bridgehead atoms. The molecule has 6 nitrogen and oxygen atoms in total. The molecule has 2 aromatic carbocycles. The predicted octanol–water partition coefficient (Wildman–Crippen LogP) is 3.66. The van der Waals surface area contributed by atoms with Gasteiger partial charge in [0.1, 0.15) is 0 Å². The highest BCUT2D eigenvalue weighted by Crippen LogP contribution is 2.34. The quantitative estimate of drug-likeness (QED) is 0.597. The van der Waals surface area contributed by atoms with E-state index in [2.05, 4.69) is 16.2 Å². The molecule has 3 aromatic rings. The lowest BCUT2D eigenvalue weighted by molar-refractivity contribution is -0.136. The molecule has 3 amide bonds. The van der Waals surface area contributed by atoms with Crippen molar-refractivity contribution in [2.45, 2.75) is 6.18 Å². The third-order valence-electron chi connectivity index (χ3n) is 3.91. The molecule has 0 radical (unpaired) electrons. The highest BCUT2D eigenvalue weighted by molar-refractivity contribution is 6.07. The second-order valence-corrected chi connectivity index (χ2v) is 5.75. The number of nitrogens with one attached hydrogen (secondary N) is 3. The van der Waals surface area contributed by atoms with E-state index >= 15 is 0 Å². The van der Waals surface area contributed by atoms with Crippen LogP contribution in [0.3, 0.4) is 0 Å². The van der Waals surface area contributed by atoms with Crippen LogP contribution in [0.25, 0.3) is 10.9 Å². The van der Waals surface area contributed by atoms with E-state index in [4.69, 9.17) is 0 Å². The molecular formula is C18H15F3N4O2. The lowest BCUT2D eigenvalue weighted by Gasteiger charge is -2.14. The largest absolute Gasteiger partial charge is 0.418 e. The minimum absolute atomic E-state index is 0.323. The first-order valence-corrected chi connectivity index (χ1v) is 7.85. The van der Waals surface area contributed by atoms with Crippen LogP contribution < -0.4 is 16.2 Å². The third-order valence-corrected chi connectivity index (χ3v) is 3.91. The van der Waals surface area contributed by atoms with E-state index in [1.807, 2.05) is 12.1 Å². The molecule has 27 heavy (non-hydrogen) atoms. The van der Waals surface area contributed by atoms with Crippen molar-refractivity contribution in [3.63, 3.8) is 0 Å². The predicted molar refractivity (Wildman–Crippen MR) is 94.0 cm³/mol. The maximum absolute atomic E-state index is 12.9. The zero-order chi connectivity index (χ0) is 19.6. The summed E-state index contributed by atoms with van der Waals surface area (Å²) < 4.78 is 40.6. The number of benzene rings is 2. The summed E-state index contributed by atoms with van der Waals surface area (Å²) >= 11 is 0. The minimum Gasteiger partial charge on any atom is -0.350 e. The lowest BCUT2D eigenvalue weighted by atomic mass is 10.1. The van der Waals surface area contributed by atoms with Gasteiger partial charge < -0.3 is 9.88 Å². The Labute approximate surface area is 151 Å². The molecule has 0 aliphatic heterocycles. The van der Waals surface area contributed by atoms with E-state index in [-0.39, 0.29) is 0 Å². The zero-order valence-electron chi connectivity index (χ0n) is 14.1. The molecule has 9 heteroatoms. The average molecular weight is 376 g/mol. The van der Waals surface area contributed by atoms with Crippen molar-refractivity contribution in [3.05, 3.63) is 65.9 Å². The van der Waals surface area contributed by atoms with Gasteiger partial charge >= 0.3 is 12.2 Å². The van der Waals surface area contributed by atoms with Gasteiger partial charge in [-0.05, 0) is 18.2 Å². The molecular weight excluding hydrogens is 361 g/mol. The topological polar surface area (TPSA) is 75.2 Å². The van der Waals surface area contributed by atoms with Crippen molar-refractivity contribution < 1.29 is 22.8 Å². The highest BCUT2D eigenvalue weighted by Gasteiger charge is 2.33. The fourth-order valence-corrected chi connectivity index (χ4v) is 2.70. The minimum atomic E-state index is -4.62. The summed E-state index contributed by atoms with van der Waals surface area (Å²) in [5.41, 5.74) is 3.99. The molecule has 0 fully saturated rings. The number of hydrogen-bond acceptors (Lipinski definition) is 2. The molecule has 0 aliphatic rings. The normalized spacial score (nSPS) is 11.3. The highest BCUT2D eigenvalue weighted by atomic mass is 19.4. The Morgan fingerprint density at radius 1 is 0.963 bits per heavy atom. The second kappa shape index (κ2) is 7.02. The summed E-state index contributed by atoms with van der Waals surface area (Å²) in [5.74, 6) is -0.592. The van der Waals surface area contributed by atoms with Crippen LogP contribution in [0.4, 0.5) is 23.7 Å². The van der Waals surface area contributed by atoms with Gasteiger partial charge in [-0.1, -0.05) is 30.3 Å². The fourth-order valence-electron chi connectivity index (χ4n) is 2.70. The van der Waals surface area contributed by atoms with Gasteiger partial charge in [-0.3, -0.25) is 10.2 Å². The number of hydrazine groups is 1. The molecule has 1 heterocycles. The molecule has 1 aromatic heterocycles.